The predicted octanol–water partition coefficient (Wildman–Crippen LogP) is 3.51. The molecule has 2 rings (SSSR count). The Kier molecular flexibility index (Phi) is 4.43. The minimum atomic E-state index is 0.549. The van der Waals surface area contributed by atoms with Gasteiger partial charge < -0.3 is 5.32 Å². The van der Waals surface area contributed by atoms with Crippen molar-refractivity contribution < 1.29 is 0 Å². The predicted molar refractivity (Wildman–Crippen MR) is 78.4 cm³/mol. The fraction of sp³-hybridized carbons (Fsp3) is 0.429. The first-order valence-corrected chi connectivity index (χ1v) is 6.80. The van der Waals surface area contributed by atoms with Crippen LogP contribution in [-0.2, 0) is 13.1 Å². The number of rotatable bonds is 5. The van der Waals surface area contributed by atoms with E-state index in [0.29, 0.717) is 12.5 Å². The van der Waals surface area contributed by atoms with Gasteiger partial charge in [-0.1, -0.05) is 31.5 Å². The van der Waals surface area contributed by atoms with Gasteiger partial charge in [0.25, 0.3) is 0 Å². The largest absolute Gasteiger partial charge is 0.377 e. The van der Waals surface area contributed by atoms with E-state index >= 15 is 0 Å². The van der Waals surface area contributed by atoms with E-state index in [9.17, 15) is 0 Å². The number of hydrogen-bond donors (Lipinski definition) is 1. The van der Waals surface area contributed by atoms with Gasteiger partial charge in [0.05, 0.1) is 6.54 Å². The first kappa shape index (κ1) is 13.9. The zero-order chi connectivity index (χ0) is 13.8. The minimum Gasteiger partial charge on any atom is -0.377 e. The third kappa shape index (κ3) is 3.70. The number of aryl methyl sites for hydroxylation is 1. The molecule has 2 aromatic rings. The van der Waals surface area contributed by atoms with E-state index in [1.807, 2.05) is 22.9 Å². The summed E-state index contributed by atoms with van der Waals surface area (Å²) >= 11 is 6.00. The van der Waals surface area contributed by atoms with Gasteiger partial charge in [0.15, 0.2) is 0 Å². The molecule has 0 amide bonds. The van der Waals surface area contributed by atoms with Crippen molar-refractivity contribution in [1.82, 2.24) is 14.8 Å². The number of halogens is 1. The zero-order valence-electron chi connectivity index (χ0n) is 11.5. The molecule has 0 aliphatic rings. The summed E-state index contributed by atoms with van der Waals surface area (Å²) in [6.45, 7) is 7.91. The highest BCUT2D eigenvalue weighted by molar-refractivity contribution is 6.30. The van der Waals surface area contributed by atoms with Crippen molar-refractivity contribution in [2.45, 2.75) is 33.9 Å². The van der Waals surface area contributed by atoms with E-state index in [1.165, 1.54) is 5.56 Å². The summed E-state index contributed by atoms with van der Waals surface area (Å²) in [6, 6.07) is 5.83. The lowest BCUT2D eigenvalue weighted by atomic mass is 10.2. The van der Waals surface area contributed by atoms with E-state index in [0.717, 1.165) is 23.1 Å². The number of nitrogens with zero attached hydrogens (tertiary/aromatic N) is 3. The SMILES string of the molecule is Cc1ccc(Cl)cc1NCc1ncnn1CC(C)C. The highest BCUT2D eigenvalue weighted by Crippen LogP contribution is 2.20. The molecule has 0 saturated carbocycles. The molecule has 4 nitrogen and oxygen atoms in total. The van der Waals surface area contributed by atoms with Crippen LogP contribution in [0.2, 0.25) is 5.02 Å². The molecule has 0 bridgehead atoms. The molecular weight excluding hydrogens is 260 g/mol. The van der Waals surface area contributed by atoms with Crippen LogP contribution in [0.1, 0.15) is 25.2 Å². The van der Waals surface area contributed by atoms with Gasteiger partial charge in [0.1, 0.15) is 12.2 Å². The summed E-state index contributed by atoms with van der Waals surface area (Å²) in [6.07, 6.45) is 1.60. The minimum absolute atomic E-state index is 0.549. The molecule has 0 atom stereocenters. The van der Waals surface area contributed by atoms with Crippen molar-refractivity contribution in [2.24, 2.45) is 5.92 Å². The smallest absolute Gasteiger partial charge is 0.146 e. The maximum absolute atomic E-state index is 6.00. The monoisotopic (exact) mass is 278 g/mol. The Morgan fingerprint density at radius 2 is 2.16 bits per heavy atom. The van der Waals surface area contributed by atoms with E-state index in [1.54, 1.807) is 6.33 Å². The van der Waals surface area contributed by atoms with Crippen LogP contribution >= 0.6 is 11.6 Å². The molecule has 19 heavy (non-hydrogen) atoms. The van der Waals surface area contributed by atoms with Gasteiger partial charge in [-0.25, -0.2) is 9.67 Å². The average molecular weight is 279 g/mol. The fourth-order valence-corrected chi connectivity index (χ4v) is 2.05. The van der Waals surface area contributed by atoms with Crippen LogP contribution in [0.15, 0.2) is 24.5 Å². The van der Waals surface area contributed by atoms with Gasteiger partial charge in [0.2, 0.25) is 0 Å². The Bertz CT molecular complexity index is 548. The number of anilines is 1. The van der Waals surface area contributed by atoms with Crippen molar-refractivity contribution in [2.75, 3.05) is 5.32 Å². The molecule has 1 heterocycles. The van der Waals surface area contributed by atoms with Crippen molar-refractivity contribution in [3.63, 3.8) is 0 Å². The Morgan fingerprint density at radius 3 is 2.89 bits per heavy atom. The first-order valence-electron chi connectivity index (χ1n) is 6.43. The van der Waals surface area contributed by atoms with Gasteiger partial charge in [-0.2, -0.15) is 5.10 Å². The van der Waals surface area contributed by atoms with Gasteiger partial charge in [-0.3, -0.25) is 0 Å². The van der Waals surface area contributed by atoms with Crippen LogP contribution < -0.4 is 5.32 Å². The van der Waals surface area contributed by atoms with Crippen LogP contribution in [0.3, 0.4) is 0 Å². The zero-order valence-corrected chi connectivity index (χ0v) is 12.3. The van der Waals surface area contributed by atoms with Crippen molar-refractivity contribution in [1.29, 1.82) is 0 Å². The normalized spacial score (nSPS) is 11.0. The number of aromatic nitrogens is 3. The summed E-state index contributed by atoms with van der Waals surface area (Å²) in [5.41, 5.74) is 2.20. The molecule has 102 valence electrons. The summed E-state index contributed by atoms with van der Waals surface area (Å²) in [7, 11) is 0. The van der Waals surface area contributed by atoms with Crippen LogP contribution in [-0.4, -0.2) is 14.8 Å². The molecule has 0 spiro atoms. The summed E-state index contributed by atoms with van der Waals surface area (Å²) in [5.74, 6) is 1.49. The lowest BCUT2D eigenvalue weighted by molar-refractivity contribution is 0.468. The molecular formula is C14H19ClN4. The Balaban J connectivity index is 2.06. The Morgan fingerprint density at radius 1 is 1.37 bits per heavy atom. The maximum Gasteiger partial charge on any atom is 0.146 e. The Labute approximate surface area is 118 Å². The standard InChI is InChI=1S/C14H19ClN4/c1-10(2)8-19-14(17-9-18-19)7-16-13-6-12(15)5-4-11(13)3/h4-6,9-10,16H,7-8H2,1-3H3. The van der Waals surface area contributed by atoms with Gasteiger partial charge >= 0.3 is 0 Å². The van der Waals surface area contributed by atoms with Crippen molar-refractivity contribution in [3.8, 4) is 0 Å². The molecule has 0 radical (unpaired) electrons. The molecule has 1 N–H and O–H groups in total. The molecule has 1 aromatic carbocycles. The van der Waals surface area contributed by atoms with E-state index < -0.39 is 0 Å². The Hall–Kier alpha value is -1.55. The van der Waals surface area contributed by atoms with Crippen molar-refractivity contribution >= 4 is 17.3 Å². The van der Waals surface area contributed by atoms with E-state index in [-0.39, 0.29) is 0 Å². The highest BCUT2D eigenvalue weighted by atomic mass is 35.5. The highest BCUT2D eigenvalue weighted by Gasteiger charge is 2.07. The van der Waals surface area contributed by atoms with Crippen LogP contribution in [0, 0.1) is 12.8 Å². The van der Waals surface area contributed by atoms with E-state index in [2.05, 4.69) is 36.2 Å². The van der Waals surface area contributed by atoms with E-state index in [4.69, 9.17) is 11.6 Å². The molecule has 0 aliphatic heterocycles. The number of benzene rings is 1. The third-order valence-corrected chi connectivity index (χ3v) is 3.11. The lowest BCUT2D eigenvalue weighted by Crippen LogP contribution is -2.13. The molecule has 0 unspecified atom stereocenters. The van der Waals surface area contributed by atoms with Gasteiger partial charge in [-0.15, -0.1) is 0 Å². The lowest BCUT2D eigenvalue weighted by Gasteiger charge is -2.11. The topological polar surface area (TPSA) is 42.7 Å². The second kappa shape index (κ2) is 6.06. The number of nitrogens with one attached hydrogen (secondary N) is 1. The van der Waals surface area contributed by atoms with Crippen LogP contribution in [0.4, 0.5) is 5.69 Å². The summed E-state index contributed by atoms with van der Waals surface area (Å²) in [4.78, 5) is 4.29. The third-order valence-electron chi connectivity index (χ3n) is 2.87. The summed E-state index contributed by atoms with van der Waals surface area (Å²) < 4.78 is 1.94. The maximum atomic E-state index is 6.00. The second-order valence-electron chi connectivity index (χ2n) is 5.07. The molecule has 0 saturated heterocycles. The van der Waals surface area contributed by atoms with Gasteiger partial charge in [-0.05, 0) is 30.5 Å². The summed E-state index contributed by atoms with van der Waals surface area (Å²) in [5, 5.41) is 8.34. The second-order valence-corrected chi connectivity index (χ2v) is 5.50. The molecule has 5 heteroatoms. The number of hydrogen-bond acceptors (Lipinski definition) is 3. The van der Waals surface area contributed by atoms with Crippen LogP contribution in [0.5, 0.6) is 0 Å². The average Bonchev–Trinajstić information content (AvgIpc) is 2.77. The fourth-order valence-electron chi connectivity index (χ4n) is 1.88. The molecule has 1 aromatic heterocycles. The van der Waals surface area contributed by atoms with Crippen LogP contribution in [0.25, 0.3) is 0 Å². The van der Waals surface area contributed by atoms with Crippen molar-refractivity contribution in [3.05, 3.63) is 40.9 Å². The molecule has 0 fully saturated rings. The van der Waals surface area contributed by atoms with Gasteiger partial charge in [0, 0.05) is 17.3 Å². The first-order chi connectivity index (χ1) is 9.06. The quantitative estimate of drug-likeness (QED) is 0.910. The molecule has 0 aliphatic carbocycles.